The first kappa shape index (κ1) is 13.7. The molecule has 0 aromatic carbocycles. The summed E-state index contributed by atoms with van der Waals surface area (Å²) in [5.74, 6) is 0.670. The highest BCUT2D eigenvalue weighted by molar-refractivity contribution is 5.84. The molecule has 0 saturated carbocycles. The van der Waals surface area contributed by atoms with Gasteiger partial charge in [0.15, 0.2) is 0 Å². The zero-order chi connectivity index (χ0) is 13.1. The minimum absolute atomic E-state index is 0.111. The SMILES string of the molecule is CCN(Cc1cccc(C)n1)C(=N)C(C)(C)C. The molecule has 0 fully saturated rings. The van der Waals surface area contributed by atoms with E-state index in [-0.39, 0.29) is 5.41 Å². The summed E-state index contributed by atoms with van der Waals surface area (Å²) in [5, 5.41) is 8.20. The highest BCUT2D eigenvalue weighted by Gasteiger charge is 2.22. The summed E-state index contributed by atoms with van der Waals surface area (Å²) >= 11 is 0. The van der Waals surface area contributed by atoms with Crippen molar-refractivity contribution in [2.45, 2.75) is 41.2 Å². The van der Waals surface area contributed by atoms with Gasteiger partial charge in [-0.2, -0.15) is 0 Å². The van der Waals surface area contributed by atoms with Crippen LogP contribution in [0.1, 0.15) is 39.1 Å². The molecule has 1 N–H and O–H groups in total. The second kappa shape index (κ2) is 5.30. The molecule has 0 radical (unpaired) electrons. The quantitative estimate of drug-likeness (QED) is 0.643. The summed E-state index contributed by atoms with van der Waals surface area (Å²) in [5.41, 5.74) is 1.95. The lowest BCUT2D eigenvalue weighted by Gasteiger charge is -2.31. The first-order valence-corrected chi connectivity index (χ1v) is 6.11. The van der Waals surface area contributed by atoms with Crippen LogP contribution < -0.4 is 0 Å². The molecule has 0 bridgehead atoms. The zero-order valence-corrected chi connectivity index (χ0v) is 11.5. The first-order chi connectivity index (χ1) is 7.84. The molecule has 0 aliphatic carbocycles. The first-order valence-electron chi connectivity index (χ1n) is 6.11. The van der Waals surface area contributed by atoms with Crippen molar-refractivity contribution < 1.29 is 0 Å². The Morgan fingerprint density at radius 3 is 2.47 bits per heavy atom. The molecule has 1 rings (SSSR count). The Balaban J connectivity index is 2.81. The lowest BCUT2D eigenvalue weighted by Crippen LogP contribution is -2.38. The van der Waals surface area contributed by atoms with Gasteiger partial charge < -0.3 is 4.90 Å². The van der Waals surface area contributed by atoms with Gasteiger partial charge in [-0.1, -0.05) is 26.8 Å². The molecule has 1 aromatic heterocycles. The highest BCUT2D eigenvalue weighted by atomic mass is 15.2. The minimum Gasteiger partial charge on any atom is -0.354 e. The van der Waals surface area contributed by atoms with Gasteiger partial charge in [-0.05, 0) is 26.0 Å². The van der Waals surface area contributed by atoms with Crippen LogP contribution >= 0.6 is 0 Å². The van der Waals surface area contributed by atoms with Crippen molar-refractivity contribution in [1.29, 1.82) is 5.41 Å². The maximum Gasteiger partial charge on any atom is 0.102 e. The molecule has 3 nitrogen and oxygen atoms in total. The summed E-state index contributed by atoms with van der Waals surface area (Å²) in [4.78, 5) is 6.56. The molecule has 0 atom stereocenters. The van der Waals surface area contributed by atoms with E-state index in [1.807, 2.05) is 25.1 Å². The van der Waals surface area contributed by atoms with E-state index in [1.165, 1.54) is 0 Å². The van der Waals surface area contributed by atoms with Crippen molar-refractivity contribution in [2.75, 3.05) is 6.54 Å². The second-order valence-electron chi connectivity index (χ2n) is 5.38. The van der Waals surface area contributed by atoms with Crippen LogP contribution in [0.5, 0.6) is 0 Å². The number of hydrogen-bond acceptors (Lipinski definition) is 2. The Labute approximate surface area is 104 Å². The van der Waals surface area contributed by atoms with Gasteiger partial charge in [-0.3, -0.25) is 10.4 Å². The molecule has 0 saturated heterocycles. The lowest BCUT2D eigenvalue weighted by molar-refractivity contribution is 0.371. The van der Waals surface area contributed by atoms with Crippen LogP contribution in [0.3, 0.4) is 0 Å². The average Bonchev–Trinajstić information content (AvgIpc) is 2.24. The fourth-order valence-corrected chi connectivity index (χ4v) is 1.71. The molecule has 3 heteroatoms. The Morgan fingerprint density at radius 1 is 1.35 bits per heavy atom. The van der Waals surface area contributed by atoms with Gasteiger partial charge in [0.05, 0.1) is 12.2 Å². The topological polar surface area (TPSA) is 40.0 Å². The van der Waals surface area contributed by atoms with E-state index in [4.69, 9.17) is 5.41 Å². The predicted molar refractivity (Wildman–Crippen MR) is 72.2 cm³/mol. The van der Waals surface area contributed by atoms with Crippen LogP contribution in [0.15, 0.2) is 18.2 Å². The molecule has 0 amide bonds. The molecule has 1 aromatic rings. The van der Waals surface area contributed by atoms with Crippen LogP contribution in [-0.2, 0) is 6.54 Å². The van der Waals surface area contributed by atoms with E-state index in [0.29, 0.717) is 12.4 Å². The number of amidine groups is 1. The third-order valence-corrected chi connectivity index (χ3v) is 2.71. The fourth-order valence-electron chi connectivity index (χ4n) is 1.71. The number of hydrogen-bond donors (Lipinski definition) is 1. The Bertz CT molecular complexity index is 391. The second-order valence-corrected chi connectivity index (χ2v) is 5.38. The number of aryl methyl sites for hydroxylation is 1. The number of nitrogens with one attached hydrogen (secondary N) is 1. The monoisotopic (exact) mass is 233 g/mol. The molecular formula is C14H23N3. The summed E-state index contributed by atoms with van der Waals surface area (Å²) in [6, 6.07) is 6.03. The molecule has 1 heterocycles. The maximum atomic E-state index is 8.20. The Kier molecular flexibility index (Phi) is 4.27. The lowest BCUT2D eigenvalue weighted by atomic mass is 9.94. The molecule has 0 spiro atoms. The van der Waals surface area contributed by atoms with Crippen LogP contribution in [0.2, 0.25) is 0 Å². The predicted octanol–water partition coefficient (Wildman–Crippen LogP) is 3.24. The van der Waals surface area contributed by atoms with Gasteiger partial charge in [0, 0.05) is 17.7 Å². The van der Waals surface area contributed by atoms with E-state index >= 15 is 0 Å². The average molecular weight is 233 g/mol. The van der Waals surface area contributed by atoms with Gasteiger partial charge in [0.2, 0.25) is 0 Å². The van der Waals surface area contributed by atoms with E-state index < -0.39 is 0 Å². The van der Waals surface area contributed by atoms with E-state index in [9.17, 15) is 0 Å². The van der Waals surface area contributed by atoms with E-state index in [2.05, 4.69) is 37.6 Å². The van der Waals surface area contributed by atoms with Gasteiger partial charge in [0.1, 0.15) is 5.84 Å². The van der Waals surface area contributed by atoms with Crippen molar-refractivity contribution in [2.24, 2.45) is 5.41 Å². The van der Waals surface area contributed by atoms with Gasteiger partial charge >= 0.3 is 0 Å². The minimum atomic E-state index is -0.111. The molecule has 0 unspecified atom stereocenters. The maximum absolute atomic E-state index is 8.20. The van der Waals surface area contributed by atoms with E-state index in [1.54, 1.807) is 0 Å². The molecule has 0 aliphatic rings. The van der Waals surface area contributed by atoms with Crippen LogP contribution in [0.25, 0.3) is 0 Å². The normalized spacial score (nSPS) is 11.4. The van der Waals surface area contributed by atoms with Crippen molar-refractivity contribution in [1.82, 2.24) is 9.88 Å². The smallest absolute Gasteiger partial charge is 0.102 e. The van der Waals surface area contributed by atoms with Crippen LogP contribution in [0.4, 0.5) is 0 Å². The van der Waals surface area contributed by atoms with Gasteiger partial charge in [-0.15, -0.1) is 0 Å². The third kappa shape index (κ3) is 3.84. The third-order valence-electron chi connectivity index (χ3n) is 2.71. The molecular weight excluding hydrogens is 210 g/mol. The van der Waals surface area contributed by atoms with Gasteiger partial charge in [0.25, 0.3) is 0 Å². The van der Waals surface area contributed by atoms with Crippen molar-refractivity contribution >= 4 is 5.84 Å². The number of rotatable bonds is 3. The number of pyridine rings is 1. The van der Waals surface area contributed by atoms with E-state index in [0.717, 1.165) is 17.9 Å². The number of nitrogens with zero attached hydrogens (tertiary/aromatic N) is 2. The fraction of sp³-hybridized carbons (Fsp3) is 0.571. The standard InChI is InChI=1S/C14H23N3/c1-6-17(13(15)14(3,4)5)10-12-9-7-8-11(2)16-12/h7-9,15H,6,10H2,1-5H3. The zero-order valence-electron chi connectivity index (χ0n) is 11.5. The molecule has 17 heavy (non-hydrogen) atoms. The summed E-state index contributed by atoms with van der Waals surface area (Å²) in [6.07, 6.45) is 0. The molecule has 94 valence electrons. The summed E-state index contributed by atoms with van der Waals surface area (Å²) in [7, 11) is 0. The molecule has 0 aliphatic heterocycles. The van der Waals surface area contributed by atoms with Crippen LogP contribution in [-0.4, -0.2) is 22.3 Å². The Hall–Kier alpha value is -1.38. The van der Waals surface area contributed by atoms with Crippen molar-refractivity contribution in [3.63, 3.8) is 0 Å². The van der Waals surface area contributed by atoms with Crippen molar-refractivity contribution in [3.8, 4) is 0 Å². The largest absolute Gasteiger partial charge is 0.354 e. The summed E-state index contributed by atoms with van der Waals surface area (Å²) in [6.45, 7) is 11.8. The highest BCUT2D eigenvalue weighted by Crippen LogP contribution is 2.19. The number of aromatic nitrogens is 1. The van der Waals surface area contributed by atoms with Gasteiger partial charge in [-0.25, -0.2) is 0 Å². The Morgan fingerprint density at radius 2 is 2.00 bits per heavy atom. The summed E-state index contributed by atoms with van der Waals surface area (Å²) < 4.78 is 0. The van der Waals surface area contributed by atoms with Crippen LogP contribution in [0, 0.1) is 17.7 Å². The van der Waals surface area contributed by atoms with Crippen molar-refractivity contribution in [3.05, 3.63) is 29.6 Å².